The summed E-state index contributed by atoms with van der Waals surface area (Å²) in [6.45, 7) is 6.24. The molecule has 9 heteroatoms. The van der Waals surface area contributed by atoms with Gasteiger partial charge in [-0.25, -0.2) is 0 Å². The lowest BCUT2D eigenvalue weighted by atomic mass is 9.94. The first-order valence-corrected chi connectivity index (χ1v) is 14.1. The number of rotatable bonds is 5. The van der Waals surface area contributed by atoms with Crippen molar-refractivity contribution in [2.24, 2.45) is 12.5 Å². The molecule has 5 rings (SSSR count). The Hall–Kier alpha value is -3.31. The van der Waals surface area contributed by atoms with Gasteiger partial charge in [-0.1, -0.05) is 51.1 Å². The van der Waals surface area contributed by atoms with Gasteiger partial charge in [0.05, 0.1) is 4.88 Å². The van der Waals surface area contributed by atoms with Crippen LogP contribution in [-0.2, 0) is 10.1 Å². The Labute approximate surface area is 223 Å². The number of aryl methyl sites for hydroxylation is 1. The predicted molar refractivity (Wildman–Crippen MR) is 154 cm³/mol. The number of halogens is 1. The third-order valence-electron chi connectivity index (χ3n) is 5.62. The summed E-state index contributed by atoms with van der Waals surface area (Å²) in [5, 5.41) is 11.5. The van der Waals surface area contributed by atoms with Gasteiger partial charge in [0.25, 0.3) is 11.8 Å². The Bertz CT molecular complexity index is 1530. The van der Waals surface area contributed by atoms with E-state index in [0.29, 0.717) is 16.1 Å². The van der Waals surface area contributed by atoms with Crippen molar-refractivity contribution in [2.45, 2.75) is 20.8 Å². The lowest BCUT2D eigenvalue weighted by molar-refractivity contribution is 0.0977. The molecule has 0 saturated heterocycles. The third kappa shape index (κ3) is 4.98. The number of benzene rings is 2. The van der Waals surface area contributed by atoms with Crippen molar-refractivity contribution < 1.29 is 12.7 Å². The van der Waals surface area contributed by atoms with E-state index in [0.717, 1.165) is 30.9 Å². The van der Waals surface area contributed by atoms with E-state index in [-0.39, 0.29) is 17.2 Å². The van der Waals surface area contributed by atoms with Gasteiger partial charge >= 0.3 is 0 Å². The number of aromatic nitrogens is 2. The second-order valence-corrected chi connectivity index (χ2v) is 12.5. The van der Waals surface area contributed by atoms with Crippen molar-refractivity contribution in [3.8, 4) is 11.3 Å². The smallest absolute Gasteiger partial charge is 0.265 e. The quantitative estimate of drug-likeness (QED) is 0.261. The average molecular weight is 612 g/mol. The number of anilines is 1. The molecule has 2 aromatic heterocycles. The van der Waals surface area contributed by atoms with E-state index in [1.165, 1.54) is 11.3 Å². The van der Waals surface area contributed by atoms with Crippen LogP contribution in [0.25, 0.3) is 21.5 Å². The summed E-state index contributed by atoms with van der Waals surface area (Å²) in [5.74, 6) is 0.510. The van der Waals surface area contributed by atoms with Gasteiger partial charge in [0, 0.05) is 40.7 Å². The second-order valence-electron chi connectivity index (χ2n) is 9.41. The Morgan fingerprint density at radius 2 is 1.72 bits per heavy atom. The van der Waals surface area contributed by atoms with Crippen LogP contribution in [0.4, 0.5) is 5.69 Å². The molecule has 0 unspecified atom stereocenters. The maximum absolute atomic E-state index is 13.0. The van der Waals surface area contributed by atoms with E-state index in [2.05, 4.69) is 36.5 Å². The van der Waals surface area contributed by atoms with Crippen molar-refractivity contribution in [1.29, 1.82) is 0 Å². The van der Waals surface area contributed by atoms with E-state index in [4.69, 9.17) is 3.07 Å². The van der Waals surface area contributed by atoms with E-state index in [1.54, 1.807) is 24.3 Å². The zero-order valence-electron chi connectivity index (χ0n) is 20.3. The van der Waals surface area contributed by atoms with E-state index < -0.39 is 21.1 Å². The number of hydrogen-bond donors (Lipinski definition) is 2. The second kappa shape index (κ2) is 9.62. The summed E-state index contributed by atoms with van der Waals surface area (Å²) in [6.07, 6.45) is 1.93. The number of carbonyl (C=O) groups is 2. The lowest BCUT2D eigenvalue weighted by Crippen LogP contribution is -2.27. The van der Waals surface area contributed by atoms with Gasteiger partial charge in [-0.3, -0.25) is 14.3 Å². The minimum atomic E-state index is -0.695. The van der Waals surface area contributed by atoms with Crippen LogP contribution in [0.3, 0.4) is 0 Å². The highest BCUT2D eigenvalue weighted by Gasteiger charge is 2.24. The molecule has 2 N–H and O–H groups in total. The first kappa shape index (κ1) is 24.4. The maximum atomic E-state index is 13.0. The van der Waals surface area contributed by atoms with Crippen LogP contribution in [0.5, 0.6) is 0 Å². The van der Waals surface area contributed by atoms with Crippen molar-refractivity contribution >= 4 is 63.8 Å². The lowest BCUT2D eigenvalue weighted by Gasteiger charge is -2.17. The van der Waals surface area contributed by atoms with Crippen molar-refractivity contribution in [3.63, 3.8) is 0 Å². The van der Waals surface area contributed by atoms with Gasteiger partial charge < -0.3 is 13.7 Å². The monoisotopic (exact) mass is 612 g/mol. The van der Waals surface area contributed by atoms with Crippen molar-refractivity contribution in [2.75, 3.05) is 5.32 Å². The molecule has 0 fully saturated rings. The molecule has 7 nitrogen and oxygen atoms in total. The normalized spacial score (nSPS) is 13.4. The summed E-state index contributed by atoms with van der Waals surface area (Å²) in [7, 11) is 1.88. The molecule has 2 aromatic carbocycles. The van der Waals surface area contributed by atoms with Gasteiger partial charge in [0.15, 0.2) is 0 Å². The summed E-state index contributed by atoms with van der Waals surface area (Å²) in [5.41, 5.74) is 2.92. The first-order valence-electron chi connectivity index (χ1n) is 11.3. The molecule has 0 atom stereocenters. The van der Waals surface area contributed by atoms with E-state index in [9.17, 15) is 9.59 Å². The fourth-order valence-electron chi connectivity index (χ4n) is 3.67. The molecular weight excluding hydrogens is 587 g/mol. The number of hydrogen-bond acceptors (Lipinski definition) is 5. The highest BCUT2D eigenvalue weighted by molar-refractivity contribution is 14.2. The van der Waals surface area contributed by atoms with Gasteiger partial charge in [-0.15, -0.1) is 11.3 Å². The first-order chi connectivity index (χ1) is 17.2. The SMILES string of the molecule is Cn1nc(-c2ccccc2)c2cc(C(=O)Nc3ccc(C(=O)NC4=IOC(C(C)(C)C)=C4)cc3)sc21. The number of nitrogens with zero attached hydrogens (tertiary/aromatic N) is 2. The molecular formula is C27H25IN4O3S. The molecule has 0 bridgehead atoms. The summed E-state index contributed by atoms with van der Waals surface area (Å²) < 4.78 is 8.44. The standard InChI is InChI=1S/C27H25IN4O3S/c1-27(2,3)21-15-22(28-35-21)30-24(33)17-10-12-18(13-11-17)29-25(34)20-14-19-23(16-8-6-5-7-9-16)31-32(4)26(19)36-20/h5-15H,1-4H3,(H,29,34)(H,30,33). The Kier molecular flexibility index (Phi) is 6.52. The summed E-state index contributed by atoms with van der Waals surface area (Å²) in [6, 6.07) is 18.7. The minimum absolute atomic E-state index is 0.0832. The highest BCUT2D eigenvalue weighted by Crippen LogP contribution is 2.35. The van der Waals surface area contributed by atoms with Crippen LogP contribution in [0.2, 0.25) is 0 Å². The van der Waals surface area contributed by atoms with Crippen LogP contribution >= 0.6 is 32.5 Å². The molecule has 0 aliphatic carbocycles. The number of fused-ring (bicyclic) bond motifs is 1. The number of nitrogens with one attached hydrogen (secondary N) is 2. The Morgan fingerprint density at radius 3 is 2.39 bits per heavy atom. The zero-order chi connectivity index (χ0) is 25.4. The fourth-order valence-corrected chi connectivity index (χ4v) is 6.67. The minimum Gasteiger partial charge on any atom is -0.437 e. The van der Waals surface area contributed by atoms with Gasteiger partial charge in [0.2, 0.25) is 0 Å². The van der Waals surface area contributed by atoms with Crippen LogP contribution in [0, 0.1) is 5.41 Å². The molecule has 1 aliphatic heterocycles. The number of allylic oxidation sites excluding steroid dienone is 1. The molecule has 1 aliphatic rings. The van der Waals surface area contributed by atoms with Gasteiger partial charge in [0.1, 0.15) is 41.1 Å². The molecule has 184 valence electrons. The van der Waals surface area contributed by atoms with E-state index in [1.807, 2.05) is 54.2 Å². The van der Waals surface area contributed by atoms with Gasteiger partial charge in [-0.2, -0.15) is 5.10 Å². The summed E-state index contributed by atoms with van der Waals surface area (Å²) in [4.78, 5) is 27.2. The summed E-state index contributed by atoms with van der Waals surface area (Å²) >= 11 is 0.706. The fraction of sp³-hybridized carbons (Fsp3) is 0.185. The van der Waals surface area contributed by atoms with Crippen LogP contribution in [-0.4, -0.2) is 25.2 Å². The zero-order valence-corrected chi connectivity index (χ0v) is 23.2. The molecule has 0 radical (unpaired) electrons. The molecule has 3 heterocycles. The van der Waals surface area contributed by atoms with Crippen LogP contribution in [0.15, 0.2) is 72.5 Å². The topological polar surface area (TPSA) is 85.2 Å². The third-order valence-corrected chi connectivity index (χ3v) is 8.57. The molecule has 4 aromatic rings. The maximum Gasteiger partial charge on any atom is 0.265 e. The van der Waals surface area contributed by atoms with E-state index >= 15 is 0 Å². The number of thiophene rings is 1. The molecule has 2 amide bonds. The number of carbonyl (C=O) groups excluding carboxylic acids is 2. The van der Waals surface area contributed by atoms with Crippen molar-refractivity contribution in [3.05, 3.63) is 82.9 Å². The van der Waals surface area contributed by atoms with Crippen LogP contribution in [0.1, 0.15) is 40.8 Å². The highest BCUT2D eigenvalue weighted by atomic mass is 127. The average Bonchev–Trinajstić information content (AvgIpc) is 3.57. The molecule has 0 spiro atoms. The number of amides is 2. The largest absolute Gasteiger partial charge is 0.437 e. The van der Waals surface area contributed by atoms with Crippen molar-refractivity contribution in [1.82, 2.24) is 15.1 Å². The molecule has 36 heavy (non-hydrogen) atoms. The predicted octanol–water partition coefficient (Wildman–Crippen LogP) is 6.26. The molecule has 0 saturated carbocycles. The van der Waals surface area contributed by atoms with Crippen LogP contribution < -0.4 is 10.6 Å². The Balaban J connectivity index is 1.27. The van der Waals surface area contributed by atoms with Gasteiger partial charge in [-0.05, 0) is 30.3 Å². The Morgan fingerprint density at radius 1 is 1.00 bits per heavy atom.